The van der Waals surface area contributed by atoms with Crippen LogP contribution >= 0.6 is 11.6 Å². The van der Waals surface area contributed by atoms with Crippen molar-refractivity contribution in [3.63, 3.8) is 0 Å². The minimum atomic E-state index is 0.0587. The number of halogens is 1. The molecule has 3 atom stereocenters. The Morgan fingerprint density at radius 2 is 2.00 bits per heavy atom. The van der Waals surface area contributed by atoms with Crippen LogP contribution in [0.1, 0.15) is 59.8 Å². The summed E-state index contributed by atoms with van der Waals surface area (Å²) >= 11 is 5.86. The molecule has 3 heterocycles. The second-order valence-corrected chi connectivity index (χ2v) is 8.88. The second kappa shape index (κ2) is 8.56. The minimum Gasteiger partial charge on any atom is -0.493 e. The van der Waals surface area contributed by atoms with E-state index in [0.717, 1.165) is 38.3 Å². The Balaban J connectivity index is 1.46. The first-order chi connectivity index (χ1) is 14.4. The molecule has 2 aromatic rings. The number of benzene rings is 1. The van der Waals surface area contributed by atoms with Crippen molar-refractivity contribution < 1.29 is 9.53 Å². The Morgan fingerprint density at radius 3 is 2.63 bits per heavy atom. The summed E-state index contributed by atoms with van der Waals surface area (Å²) < 4.78 is 5.90. The van der Waals surface area contributed by atoms with Crippen LogP contribution in [0.4, 0.5) is 0 Å². The molecule has 0 N–H and O–H groups in total. The maximum atomic E-state index is 12.9. The quantitative estimate of drug-likeness (QED) is 0.621. The maximum Gasteiger partial charge on any atom is 0.255 e. The van der Waals surface area contributed by atoms with Gasteiger partial charge in [0.1, 0.15) is 10.9 Å². The molecule has 2 aliphatic heterocycles. The van der Waals surface area contributed by atoms with E-state index >= 15 is 0 Å². The fourth-order valence-electron chi connectivity index (χ4n) is 4.91. The molecule has 1 aromatic carbocycles. The Hall–Kier alpha value is -2.11. The molecule has 0 unspecified atom stereocenters. The zero-order valence-electron chi connectivity index (χ0n) is 18.2. The topological polar surface area (TPSA) is 45.7 Å². The number of fused-ring (bicyclic) bond motifs is 2. The summed E-state index contributed by atoms with van der Waals surface area (Å²) in [5, 5.41) is 0.409. The number of pyridine rings is 1. The Morgan fingerprint density at radius 1 is 1.20 bits per heavy atom. The number of hydrogen-bond acceptors (Lipinski definition) is 4. The summed E-state index contributed by atoms with van der Waals surface area (Å²) in [6.45, 7) is 11.2. The van der Waals surface area contributed by atoms with Gasteiger partial charge in [0.2, 0.25) is 0 Å². The Labute approximate surface area is 184 Å². The monoisotopic (exact) mass is 427 g/mol. The van der Waals surface area contributed by atoms with E-state index in [4.69, 9.17) is 16.3 Å². The normalized spacial score (nSPS) is 21.8. The number of carbonyl (C=O) groups excluding carboxylic acids is 1. The standard InChI is InChI=1S/C24H30ClN3O2/c1-5-10-30-22-8-7-21(15(2)16(22)3)17(4)27-13-20-11-19(27)14-28(20)24(29)18-6-9-23(25)26-12-18/h6-9,12,17,19-20H,5,10-11,13-14H2,1-4H3/t17-,19-,20-/m0/s1. The van der Waals surface area contributed by atoms with Gasteiger partial charge in [0.15, 0.2) is 0 Å². The lowest BCUT2D eigenvalue weighted by Crippen LogP contribution is -2.49. The van der Waals surface area contributed by atoms with Crippen LogP contribution in [0.5, 0.6) is 5.75 Å². The highest BCUT2D eigenvalue weighted by molar-refractivity contribution is 6.29. The molecule has 4 rings (SSSR count). The molecular weight excluding hydrogens is 398 g/mol. The SMILES string of the molecule is CCCOc1ccc([C@H](C)N2C[C@@H]3C[C@H]2CN3C(=O)c2ccc(Cl)nc2)c(C)c1C. The molecule has 1 aromatic heterocycles. The molecule has 2 saturated heterocycles. The van der Waals surface area contributed by atoms with Gasteiger partial charge >= 0.3 is 0 Å². The fourth-order valence-corrected chi connectivity index (χ4v) is 5.02. The van der Waals surface area contributed by atoms with Gasteiger partial charge in [-0.15, -0.1) is 0 Å². The van der Waals surface area contributed by atoms with Crippen molar-refractivity contribution in [3.8, 4) is 5.75 Å². The first-order valence-corrected chi connectivity index (χ1v) is 11.2. The van der Waals surface area contributed by atoms with Crippen molar-refractivity contribution in [1.82, 2.24) is 14.8 Å². The van der Waals surface area contributed by atoms with Crippen molar-refractivity contribution >= 4 is 17.5 Å². The van der Waals surface area contributed by atoms with E-state index in [1.54, 1.807) is 18.3 Å². The van der Waals surface area contributed by atoms with E-state index in [1.807, 2.05) is 4.90 Å². The predicted molar refractivity (Wildman–Crippen MR) is 119 cm³/mol. The first kappa shape index (κ1) is 21.1. The molecule has 0 aliphatic carbocycles. The average molecular weight is 428 g/mol. The molecule has 0 saturated carbocycles. The molecule has 2 aliphatic rings. The Bertz CT molecular complexity index is 931. The van der Waals surface area contributed by atoms with Crippen LogP contribution in [-0.4, -0.2) is 52.5 Å². The third kappa shape index (κ3) is 3.81. The number of nitrogens with zero attached hydrogens (tertiary/aromatic N) is 3. The maximum absolute atomic E-state index is 12.9. The van der Waals surface area contributed by atoms with Crippen LogP contribution in [0.3, 0.4) is 0 Å². The highest BCUT2D eigenvalue weighted by atomic mass is 35.5. The van der Waals surface area contributed by atoms with Gasteiger partial charge in [-0.2, -0.15) is 0 Å². The van der Waals surface area contributed by atoms with Crippen molar-refractivity contribution in [3.05, 3.63) is 57.9 Å². The fraction of sp³-hybridized carbons (Fsp3) is 0.500. The smallest absolute Gasteiger partial charge is 0.255 e. The first-order valence-electron chi connectivity index (χ1n) is 10.8. The van der Waals surface area contributed by atoms with Crippen molar-refractivity contribution in [2.45, 2.75) is 58.7 Å². The van der Waals surface area contributed by atoms with E-state index in [-0.39, 0.29) is 11.9 Å². The van der Waals surface area contributed by atoms with Crippen LogP contribution < -0.4 is 4.74 Å². The highest BCUT2D eigenvalue weighted by Gasteiger charge is 2.47. The van der Waals surface area contributed by atoms with E-state index in [1.165, 1.54) is 16.7 Å². The van der Waals surface area contributed by atoms with Gasteiger partial charge in [-0.1, -0.05) is 24.6 Å². The highest BCUT2D eigenvalue weighted by Crippen LogP contribution is 2.39. The van der Waals surface area contributed by atoms with Gasteiger partial charge in [-0.3, -0.25) is 9.69 Å². The van der Waals surface area contributed by atoms with Gasteiger partial charge in [0, 0.05) is 37.4 Å². The number of likely N-dealkylation sites (tertiary alicyclic amines) is 2. The minimum absolute atomic E-state index is 0.0587. The van der Waals surface area contributed by atoms with Crippen LogP contribution in [0.15, 0.2) is 30.5 Å². The molecular formula is C24H30ClN3O2. The molecule has 0 spiro atoms. The summed E-state index contributed by atoms with van der Waals surface area (Å²) in [5.41, 5.74) is 4.49. The summed E-state index contributed by atoms with van der Waals surface area (Å²) in [5.74, 6) is 1.05. The lowest BCUT2D eigenvalue weighted by Gasteiger charge is -2.38. The second-order valence-electron chi connectivity index (χ2n) is 8.49. The van der Waals surface area contributed by atoms with Gasteiger partial charge in [-0.05, 0) is 68.5 Å². The number of aromatic nitrogens is 1. The number of amides is 1. The van der Waals surface area contributed by atoms with Crippen molar-refractivity contribution in [2.75, 3.05) is 19.7 Å². The summed E-state index contributed by atoms with van der Waals surface area (Å²) in [7, 11) is 0. The number of rotatable bonds is 6. The van der Waals surface area contributed by atoms with E-state index in [0.29, 0.717) is 22.8 Å². The van der Waals surface area contributed by atoms with Crippen LogP contribution in [0, 0.1) is 13.8 Å². The van der Waals surface area contributed by atoms with E-state index < -0.39 is 0 Å². The molecule has 160 valence electrons. The van der Waals surface area contributed by atoms with Gasteiger partial charge in [-0.25, -0.2) is 4.98 Å². The summed E-state index contributed by atoms with van der Waals surface area (Å²) in [4.78, 5) is 21.6. The van der Waals surface area contributed by atoms with Gasteiger partial charge in [0.05, 0.1) is 12.2 Å². The van der Waals surface area contributed by atoms with Crippen LogP contribution in [0.25, 0.3) is 0 Å². The van der Waals surface area contributed by atoms with E-state index in [2.05, 4.69) is 49.7 Å². The third-order valence-electron chi connectivity index (χ3n) is 6.71. The van der Waals surface area contributed by atoms with Crippen LogP contribution in [0.2, 0.25) is 5.15 Å². The Kier molecular flexibility index (Phi) is 6.03. The molecule has 30 heavy (non-hydrogen) atoms. The molecule has 0 radical (unpaired) electrons. The number of carbonyl (C=O) groups is 1. The zero-order valence-corrected chi connectivity index (χ0v) is 18.9. The van der Waals surface area contributed by atoms with Gasteiger partial charge in [0.25, 0.3) is 5.91 Å². The molecule has 5 nitrogen and oxygen atoms in total. The summed E-state index contributed by atoms with van der Waals surface area (Å²) in [6.07, 6.45) is 3.62. The number of ether oxygens (including phenoxy) is 1. The van der Waals surface area contributed by atoms with Crippen molar-refractivity contribution in [2.24, 2.45) is 0 Å². The number of piperazine rings is 1. The summed E-state index contributed by atoms with van der Waals surface area (Å²) in [6, 6.07) is 8.73. The van der Waals surface area contributed by atoms with Gasteiger partial charge < -0.3 is 9.64 Å². The van der Waals surface area contributed by atoms with Crippen molar-refractivity contribution in [1.29, 1.82) is 0 Å². The largest absolute Gasteiger partial charge is 0.493 e. The van der Waals surface area contributed by atoms with Crippen LogP contribution in [-0.2, 0) is 0 Å². The zero-order chi connectivity index (χ0) is 21.4. The lowest BCUT2D eigenvalue weighted by molar-refractivity contribution is 0.0568. The molecule has 2 bridgehead atoms. The molecule has 2 fully saturated rings. The molecule has 1 amide bonds. The predicted octanol–water partition coefficient (Wildman–Crippen LogP) is 4.80. The average Bonchev–Trinajstić information content (AvgIpc) is 3.35. The third-order valence-corrected chi connectivity index (χ3v) is 6.93. The lowest BCUT2D eigenvalue weighted by atomic mass is 9.96. The van der Waals surface area contributed by atoms with E-state index in [9.17, 15) is 4.79 Å². The molecule has 6 heteroatoms. The number of hydrogen-bond donors (Lipinski definition) is 0.